The van der Waals surface area contributed by atoms with Gasteiger partial charge in [-0.1, -0.05) is 24.8 Å². The van der Waals surface area contributed by atoms with Gasteiger partial charge in [0, 0.05) is 23.8 Å². The summed E-state index contributed by atoms with van der Waals surface area (Å²) in [4.78, 5) is 20.3. The number of aromatic nitrogens is 2. The van der Waals surface area contributed by atoms with Gasteiger partial charge in [0.25, 0.3) is 5.56 Å². The number of hydrogen-bond donors (Lipinski definition) is 0. The van der Waals surface area contributed by atoms with Crippen LogP contribution in [0.1, 0.15) is 23.8 Å². The quantitative estimate of drug-likeness (QED) is 0.348. The third kappa shape index (κ3) is 4.91. The van der Waals surface area contributed by atoms with Crippen LogP contribution in [0.5, 0.6) is 11.5 Å². The van der Waals surface area contributed by atoms with E-state index in [0.717, 1.165) is 52.7 Å². The van der Waals surface area contributed by atoms with Gasteiger partial charge < -0.3 is 14.2 Å². The maximum Gasteiger partial charge on any atom is 0.262 e. The molecule has 4 rings (SSSR count). The van der Waals surface area contributed by atoms with Crippen LogP contribution in [0.4, 0.5) is 0 Å². The molecule has 0 radical (unpaired) electrons. The van der Waals surface area contributed by atoms with Crippen LogP contribution < -0.4 is 15.0 Å². The Labute approximate surface area is 190 Å². The summed E-state index contributed by atoms with van der Waals surface area (Å²) in [5, 5.41) is 1.53. The third-order valence-corrected chi connectivity index (χ3v) is 7.94. The zero-order chi connectivity index (χ0) is 21.8. The van der Waals surface area contributed by atoms with E-state index >= 15 is 0 Å². The summed E-state index contributed by atoms with van der Waals surface area (Å²) >= 11 is 3.30. The van der Waals surface area contributed by atoms with Gasteiger partial charge in [0.05, 0.1) is 26.2 Å². The molecule has 1 aliphatic heterocycles. The molecule has 1 fully saturated rings. The van der Waals surface area contributed by atoms with Crippen molar-refractivity contribution in [1.82, 2.24) is 9.55 Å². The van der Waals surface area contributed by atoms with Gasteiger partial charge in [0.15, 0.2) is 16.7 Å². The highest BCUT2D eigenvalue weighted by molar-refractivity contribution is 7.99. The van der Waals surface area contributed by atoms with Gasteiger partial charge in [-0.25, -0.2) is 4.98 Å². The van der Waals surface area contributed by atoms with E-state index in [9.17, 15) is 4.79 Å². The third-order valence-electron chi connectivity index (χ3n) is 5.56. The van der Waals surface area contributed by atoms with E-state index in [1.165, 1.54) is 4.88 Å². The first-order valence-electron chi connectivity index (χ1n) is 10.6. The Hall–Kier alpha value is -2.03. The summed E-state index contributed by atoms with van der Waals surface area (Å²) in [5.41, 5.74) is 1.14. The van der Waals surface area contributed by atoms with Gasteiger partial charge in [0.1, 0.15) is 4.83 Å². The fraction of sp³-hybridized carbons (Fsp3) is 0.478. The Morgan fingerprint density at radius 1 is 1.26 bits per heavy atom. The highest BCUT2D eigenvalue weighted by Crippen LogP contribution is 2.29. The molecule has 1 atom stereocenters. The smallest absolute Gasteiger partial charge is 0.262 e. The lowest BCUT2D eigenvalue weighted by Gasteiger charge is -2.14. The summed E-state index contributed by atoms with van der Waals surface area (Å²) in [5.74, 6) is 2.83. The molecule has 1 aliphatic rings. The summed E-state index contributed by atoms with van der Waals surface area (Å²) in [6, 6.07) is 7.89. The van der Waals surface area contributed by atoms with E-state index in [2.05, 4.69) is 6.92 Å². The molecule has 0 amide bonds. The summed E-state index contributed by atoms with van der Waals surface area (Å²) in [6.45, 7) is 4.30. The molecule has 0 spiro atoms. The first kappa shape index (κ1) is 22.2. The average Bonchev–Trinajstić information content (AvgIpc) is 3.46. The van der Waals surface area contributed by atoms with E-state index in [1.54, 1.807) is 37.3 Å². The molecule has 0 saturated carbocycles. The number of hydrogen-bond acceptors (Lipinski definition) is 7. The molecule has 3 aromatic rings. The average molecular weight is 461 g/mol. The number of ether oxygens (including phenoxy) is 3. The second-order valence-corrected chi connectivity index (χ2v) is 9.72. The van der Waals surface area contributed by atoms with E-state index < -0.39 is 0 Å². The Balaban J connectivity index is 1.62. The molecule has 166 valence electrons. The van der Waals surface area contributed by atoms with Crippen LogP contribution in [0.3, 0.4) is 0 Å². The molecular weight excluding hydrogens is 432 g/mol. The summed E-state index contributed by atoms with van der Waals surface area (Å²) < 4.78 is 18.1. The number of benzene rings is 1. The van der Waals surface area contributed by atoms with Gasteiger partial charge in [0.2, 0.25) is 0 Å². The maximum atomic E-state index is 13.4. The minimum atomic E-state index is 0.0478. The minimum Gasteiger partial charge on any atom is -0.493 e. The Morgan fingerprint density at radius 2 is 2.10 bits per heavy atom. The highest BCUT2D eigenvalue weighted by Gasteiger charge is 2.19. The lowest BCUT2D eigenvalue weighted by atomic mass is 10.1. The van der Waals surface area contributed by atoms with Crippen LogP contribution in [0.2, 0.25) is 0 Å². The molecule has 6 nitrogen and oxygen atoms in total. The molecule has 8 heteroatoms. The van der Waals surface area contributed by atoms with Crippen molar-refractivity contribution in [3.63, 3.8) is 0 Å². The number of fused-ring (bicyclic) bond motifs is 1. The number of nitrogens with zero attached hydrogens (tertiary/aromatic N) is 2. The van der Waals surface area contributed by atoms with Gasteiger partial charge in [-0.2, -0.15) is 0 Å². The number of aryl methyl sites for hydroxylation is 2. The van der Waals surface area contributed by atoms with Crippen LogP contribution >= 0.6 is 23.1 Å². The predicted molar refractivity (Wildman–Crippen MR) is 126 cm³/mol. The Kier molecular flexibility index (Phi) is 7.20. The first-order valence-corrected chi connectivity index (χ1v) is 12.4. The van der Waals surface area contributed by atoms with Gasteiger partial charge in [-0.15, -0.1) is 11.3 Å². The molecule has 31 heavy (non-hydrogen) atoms. The fourth-order valence-corrected chi connectivity index (χ4v) is 5.86. The first-order chi connectivity index (χ1) is 15.1. The summed E-state index contributed by atoms with van der Waals surface area (Å²) in [7, 11) is 3.26. The van der Waals surface area contributed by atoms with E-state index in [-0.39, 0.29) is 5.56 Å². The van der Waals surface area contributed by atoms with E-state index in [0.29, 0.717) is 30.4 Å². The SMILES string of the molecule is CCc1cc2c(=O)n(CCc3ccc(OC)c(OC)c3)c(SCC3CCOC3)nc2s1. The van der Waals surface area contributed by atoms with Crippen molar-refractivity contribution in [2.45, 2.75) is 37.9 Å². The van der Waals surface area contributed by atoms with Crippen molar-refractivity contribution in [3.8, 4) is 11.5 Å². The second kappa shape index (κ2) is 10.1. The molecule has 1 saturated heterocycles. The topological polar surface area (TPSA) is 62.6 Å². The molecule has 2 aromatic heterocycles. The zero-order valence-electron chi connectivity index (χ0n) is 18.2. The van der Waals surface area contributed by atoms with Crippen LogP contribution in [0, 0.1) is 5.92 Å². The molecule has 0 N–H and O–H groups in total. The molecule has 3 heterocycles. The van der Waals surface area contributed by atoms with Crippen molar-refractivity contribution in [3.05, 3.63) is 45.1 Å². The predicted octanol–water partition coefficient (Wildman–Crippen LogP) is 4.41. The van der Waals surface area contributed by atoms with Gasteiger partial charge >= 0.3 is 0 Å². The van der Waals surface area contributed by atoms with Gasteiger partial charge in [-0.05, 0) is 48.9 Å². The maximum absolute atomic E-state index is 13.4. The minimum absolute atomic E-state index is 0.0478. The molecule has 0 bridgehead atoms. The van der Waals surface area contributed by atoms with Crippen LogP contribution in [-0.4, -0.2) is 42.7 Å². The van der Waals surface area contributed by atoms with Crippen molar-refractivity contribution in [2.24, 2.45) is 5.92 Å². The molecular formula is C23H28N2O4S2. The van der Waals surface area contributed by atoms with E-state index in [4.69, 9.17) is 19.2 Å². The lowest BCUT2D eigenvalue weighted by Crippen LogP contribution is -2.24. The number of rotatable bonds is 9. The standard InChI is InChI=1S/C23H28N2O4S2/c1-4-17-12-18-21(31-17)24-23(30-14-16-8-10-29-13-16)25(22(18)26)9-7-15-5-6-19(27-2)20(11-15)28-3/h5-6,11-12,16H,4,7-10,13-14H2,1-3H3. The number of thiophene rings is 1. The monoisotopic (exact) mass is 460 g/mol. The number of thioether (sulfide) groups is 1. The number of methoxy groups -OCH3 is 2. The Morgan fingerprint density at radius 3 is 2.81 bits per heavy atom. The lowest BCUT2D eigenvalue weighted by molar-refractivity contribution is 0.189. The summed E-state index contributed by atoms with van der Waals surface area (Å²) in [6.07, 6.45) is 2.69. The van der Waals surface area contributed by atoms with Crippen molar-refractivity contribution < 1.29 is 14.2 Å². The van der Waals surface area contributed by atoms with Crippen LogP contribution in [-0.2, 0) is 24.1 Å². The highest BCUT2D eigenvalue weighted by atomic mass is 32.2. The largest absolute Gasteiger partial charge is 0.493 e. The Bertz CT molecular complexity index is 1100. The van der Waals surface area contributed by atoms with Crippen molar-refractivity contribution in [1.29, 1.82) is 0 Å². The second-order valence-electron chi connectivity index (χ2n) is 7.62. The van der Waals surface area contributed by atoms with E-state index in [1.807, 2.05) is 28.8 Å². The van der Waals surface area contributed by atoms with Crippen molar-refractivity contribution in [2.75, 3.05) is 33.2 Å². The molecule has 0 aliphatic carbocycles. The van der Waals surface area contributed by atoms with Crippen LogP contribution in [0.15, 0.2) is 34.2 Å². The zero-order valence-corrected chi connectivity index (χ0v) is 19.8. The van der Waals surface area contributed by atoms with Crippen LogP contribution in [0.25, 0.3) is 10.2 Å². The molecule has 1 aromatic carbocycles. The normalized spacial score (nSPS) is 16.2. The molecule has 1 unspecified atom stereocenters. The van der Waals surface area contributed by atoms with Gasteiger partial charge in [-0.3, -0.25) is 9.36 Å². The van der Waals surface area contributed by atoms with Crippen molar-refractivity contribution >= 4 is 33.3 Å². The fourth-order valence-electron chi connectivity index (χ4n) is 3.71.